The quantitative estimate of drug-likeness (QED) is 0.0146. The second-order valence-corrected chi connectivity index (χ2v) is 19.4. The molecule has 1 rings (SSSR count). The summed E-state index contributed by atoms with van der Waals surface area (Å²) in [6, 6.07) is 0. The normalized spacial score (nSPS) is 21.6. The van der Waals surface area contributed by atoms with Crippen molar-refractivity contribution < 1.29 is 63.1 Å². The van der Waals surface area contributed by atoms with E-state index in [9.17, 15) is 44.6 Å². The Kier molecular flexibility index (Phi) is 39.1. The van der Waals surface area contributed by atoms with Crippen molar-refractivity contribution in [2.75, 3.05) is 13.2 Å². The maximum Gasteiger partial charge on any atom is 0.472 e. The maximum absolute atomic E-state index is 12.8. The molecule has 0 amide bonds. The highest BCUT2D eigenvalue weighted by molar-refractivity contribution is 7.47. The van der Waals surface area contributed by atoms with Crippen LogP contribution in [0.1, 0.15) is 213 Å². The number of carbonyl (C=O) groups is 2. The average molecular weight is 957 g/mol. The number of ether oxygens (including phenoxy) is 2. The van der Waals surface area contributed by atoms with Crippen LogP contribution in [0.2, 0.25) is 0 Å². The van der Waals surface area contributed by atoms with Gasteiger partial charge in [-0.25, -0.2) is 4.57 Å². The summed E-state index contributed by atoms with van der Waals surface area (Å²) in [4.78, 5) is 35.8. The Labute approximate surface area is 399 Å². The Balaban J connectivity index is 2.37. The lowest BCUT2D eigenvalue weighted by Gasteiger charge is -2.41. The summed E-state index contributed by atoms with van der Waals surface area (Å²) in [6.45, 7) is 3.21. The van der Waals surface area contributed by atoms with Gasteiger partial charge in [0.25, 0.3) is 0 Å². The van der Waals surface area contributed by atoms with Gasteiger partial charge in [0.05, 0.1) is 6.61 Å². The molecule has 0 aliphatic heterocycles. The van der Waals surface area contributed by atoms with E-state index in [2.05, 4.69) is 62.5 Å². The summed E-state index contributed by atoms with van der Waals surface area (Å²) in [7, 11) is -5.12. The predicted molar refractivity (Wildman–Crippen MR) is 263 cm³/mol. The molecule has 0 aromatic heterocycles. The molecule has 6 atom stereocenters. The van der Waals surface area contributed by atoms with Crippen LogP contribution in [-0.4, -0.2) is 98.3 Å². The van der Waals surface area contributed by atoms with Gasteiger partial charge in [-0.05, 0) is 51.4 Å². The number of hydrogen-bond acceptors (Lipinski definition) is 12. The number of aliphatic hydroxyl groups is 5. The standard InChI is InChI=1S/C52H93O13P/c1-3-5-7-9-11-13-15-17-19-20-21-22-23-24-25-26-27-29-31-33-35-37-39-41-46(54)64-44(43-63-66(60,61)65-52-50(58)48(56)47(55)49(57)51(52)59)42-62-45(53)40-38-36-34-32-30-28-18-16-14-12-10-8-6-4-2/h5,7,11,13,17,19,21-22,44,47-52,55-59H,3-4,6,8-10,12,14-16,18,20,23-43H2,1-2H3,(H,60,61)/b7-5-,13-11-,19-17-,22-21-. The van der Waals surface area contributed by atoms with Gasteiger partial charge < -0.3 is 39.9 Å². The van der Waals surface area contributed by atoms with E-state index in [0.29, 0.717) is 12.8 Å². The van der Waals surface area contributed by atoms with E-state index in [4.69, 9.17) is 18.5 Å². The average Bonchev–Trinajstić information content (AvgIpc) is 3.30. The highest BCUT2D eigenvalue weighted by Gasteiger charge is 2.51. The minimum absolute atomic E-state index is 0.0919. The van der Waals surface area contributed by atoms with Crippen LogP contribution < -0.4 is 0 Å². The number of carbonyl (C=O) groups excluding carboxylic acids is 2. The first-order valence-electron chi connectivity index (χ1n) is 25.9. The molecule has 0 radical (unpaired) electrons. The zero-order valence-electron chi connectivity index (χ0n) is 41.0. The Morgan fingerprint density at radius 1 is 0.485 bits per heavy atom. The van der Waals surface area contributed by atoms with Crippen molar-refractivity contribution in [1.29, 1.82) is 0 Å². The van der Waals surface area contributed by atoms with Crippen LogP contribution in [0, 0.1) is 0 Å². The summed E-state index contributed by atoms with van der Waals surface area (Å²) in [5, 5.41) is 50.3. The highest BCUT2D eigenvalue weighted by Crippen LogP contribution is 2.47. The lowest BCUT2D eigenvalue weighted by Crippen LogP contribution is -2.64. The molecule has 0 saturated heterocycles. The van der Waals surface area contributed by atoms with E-state index in [1.54, 1.807) is 0 Å². The number of unbranched alkanes of at least 4 members (excludes halogenated alkanes) is 23. The molecule has 0 aromatic carbocycles. The van der Waals surface area contributed by atoms with Gasteiger partial charge in [-0.3, -0.25) is 18.6 Å². The van der Waals surface area contributed by atoms with Gasteiger partial charge in [0.1, 0.15) is 43.2 Å². The molecule has 1 aliphatic carbocycles. The van der Waals surface area contributed by atoms with Gasteiger partial charge >= 0.3 is 19.8 Å². The van der Waals surface area contributed by atoms with Crippen LogP contribution >= 0.6 is 7.82 Å². The Morgan fingerprint density at radius 2 is 0.864 bits per heavy atom. The number of allylic oxidation sites excluding steroid dienone is 8. The molecular weight excluding hydrogens is 864 g/mol. The number of phosphoric acid groups is 1. The number of rotatable bonds is 43. The largest absolute Gasteiger partial charge is 0.472 e. The van der Waals surface area contributed by atoms with Gasteiger partial charge in [0.15, 0.2) is 6.10 Å². The molecule has 0 spiro atoms. The third kappa shape index (κ3) is 33.3. The maximum atomic E-state index is 12.8. The molecular formula is C52H93O13P. The second-order valence-electron chi connectivity index (χ2n) is 18.0. The summed E-state index contributed by atoms with van der Waals surface area (Å²) in [6.07, 6.45) is 37.3. The zero-order chi connectivity index (χ0) is 48.5. The fourth-order valence-corrected chi connectivity index (χ4v) is 8.78. The lowest BCUT2D eigenvalue weighted by atomic mass is 9.85. The van der Waals surface area contributed by atoms with Crippen molar-refractivity contribution in [2.45, 2.75) is 256 Å². The van der Waals surface area contributed by atoms with E-state index in [1.807, 2.05) is 0 Å². The molecule has 0 aromatic rings. The van der Waals surface area contributed by atoms with Crippen LogP contribution in [0.5, 0.6) is 0 Å². The summed E-state index contributed by atoms with van der Waals surface area (Å²) < 4.78 is 33.6. The molecule has 1 aliphatic rings. The molecule has 66 heavy (non-hydrogen) atoms. The van der Waals surface area contributed by atoms with Crippen LogP contribution in [0.3, 0.4) is 0 Å². The fraction of sp³-hybridized carbons (Fsp3) is 0.808. The highest BCUT2D eigenvalue weighted by atomic mass is 31.2. The van der Waals surface area contributed by atoms with E-state index >= 15 is 0 Å². The summed E-state index contributed by atoms with van der Waals surface area (Å²) in [5.41, 5.74) is 0. The lowest BCUT2D eigenvalue weighted by molar-refractivity contribution is -0.220. The Hall–Kier alpha value is -2.19. The number of esters is 2. The SMILES string of the molecule is CC/C=C\C/C=C\C/C=C\C/C=C\CCCCCCCCCCCCC(=O)OC(COC(=O)CCCCCCCCCCCCCCCC)COP(=O)(O)OC1C(O)C(O)C(O)C(O)C1O. The van der Waals surface area contributed by atoms with Gasteiger partial charge in [-0.15, -0.1) is 0 Å². The zero-order valence-corrected chi connectivity index (χ0v) is 41.9. The Bertz CT molecular complexity index is 1340. The van der Waals surface area contributed by atoms with E-state index in [0.717, 1.165) is 77.0 Å². The molecule has 13 nitrogen and oxygen atoms in total. The number of hydrogen-bond donors (Lipinski definition) is 6. The third-order valence-electron chi connectivity index (χ3n) is 11.9. The number of phosphoric ester groups is 1. The van der Waals surface area contributed by atoms with Crippen molar-refractivity contribution in [3.05, 3.63) is 48.6 Å². The van der Waals surface area contributed by atoms with Gasteiger partial charge in [-0.2, -0.15) is 0 Å². The van der Waals surface area contributed by atoms with Crippen molar-refractivity contribution in [2.24, 2.45) is 0 Å². The van der Waals surface area contributed by atoms with Gasteiger partial charge in [0.2, 0.25) is 0 Å². The van der Waals surface area contributed by atoms with Crippen molar-refractivity contribution in [3.63, 3.8) is 0 Å². The third-order valence-corrected chi connectivity index (χ3v) is 12.9. The molecule has 384 valence electrons. The van der Waals surface area contributed by atoms with E-state index in [-0.39, 0.29) is 12.8 Å². The molecule has 1 saturated carbocycles. The smallest absolute Gasteiger partial charge is 0.462 e. The predicted octanol–water partition coefficient (Wildman–Crippen LogP) is 11.1. The first kappa shape index (κ1) is 61.8. The van der Waals surface area contributed by atoms with Gasteiger partial charge in [0, 0.05) is 12.8 Å². The fourth-order valence-electron chi connectivity index (χ4n) is 7.81. The molecule has 1 fully saturated rings. The minimum atomic E-state index is -5.12. The Morgan fingerprint density at radius 3 is 1.32 bits per heavy atom. The molecule has 6 N–H and O–H groups in total. The van der Waals surface area contributed by atoms with E-state index in [1.165, 1.54) is 96.3 Å². The van der Waals surface area contributed by atoms with Crippen LogP contribution in [0.15, 0.2) is 48.6 Å². The second kappa shape index (κ2) is 41.8. The van der Waals surface area contributed by atoms with Crippen molar-refractivity contribution in [1.82, 2.24) is 0 Å². The first-order chi connectivity index (χ1) is 31.9. The van der Waals surface area contributed by atoms with Crippen LogP contribution in [0.25, 0.3) is 0 Å². The first-order valence-corrected chi connectivity index (χ1v) is 27.4. The molecule has 0 heterocycles. The number of aliphatic hydroxyl groups excluding tert-OH is 5. The molecule has 6 unspecified atom stereocenters. The van der Waals surface area contributed by atoms with Crippen molar-refractivity contribution >= 4 is 19.8 Å². The van der Waals surface area contributed by atoms with Crippen molar-refractivity contribution in [3.8, 4) is 0 Å². The molecule has 14 heteroatoms. The van der Waals surface area contributed by atoms with E-state index < -0.39 is 75.7 Å². The topological polar surface area (TPSA) is 210 Å². The van der Waals surface area contributed by atoms with Crippen LogP contribution in [-0.2, 0) is 32.7 Å². The van der Waals surface area contributed by atoms with Crippen LogP contribution in [0.4, 0.5) is 0 Å². The summed E-state index contributed by atoms with van der Waals surface area (Å²) in [5.74, 6) is -1.10. The monoisotopic (exact) mass is 957 g/mol. The molecule has 0 bridgehead atoms. The minimum Gasteiger partial charge on any atom is -0.462 e. The summed E-state index contributed by atoms with van der Waals surface area (Å²) >= 11 is 0. The van der Waals surface area contributed by atoms with Gasteiger partial charge in [-0.1, -0.05) is 197 Å².